The van der Waals surface area contributed by atoms with Crippen molar-refractivity contribution in [1.82, 2.24) is 9.88 Å². The van der Waals surface area contributed by atoms with Crippen LogP contribution in [0, 0.1) is 10.1 Å². The molecule has 1 aliphatic heterocycles. The van der Waals surface area contributed by atoms with Gasteiger partial charge in [-0.1, -0.05) is 19.8 Å². The fraction of sp³-hybridized carbons (Fsp3) is 0.667. The van der Waals surface area contributed by atoms with Gasteiger partial charge in [-0.15, -0.1) is 0 Å². The van der Waals surface area contributed by atoms with Crippen LogP contribution in [0.1, 0.15) is 45.4 Å². The monoisotopic (exact) mass is 473 g/mol. The Morgan fingerprint density at radius 2 is 1.73 bits per heavy atom. The number of unbranched alkanes of at least 4 members (excludes halogenated alkanes) is 1. The van der Waals surface area contributed by atoms with Crippen LogP contribution in [-0.2, 0) is 0 Å². The van der Waals surface area contributed by atoms with Gasteiger partial charge in [-0.2, -0.15) is 0 Å². The zero-order valence-corrected chi connectivity index (χ0v) is 24.6. The van der Waals surface area contributed by atoms with Crippen molar-refractivity contribution in [3.63, 3.8) is 0 Å². The minimum Gasteiger partial charge on any atom is -0.652 e. The van der Waals surface area contributed by atoms with Crippen molar-refractivity contribution >= 4 is 23.5 Å². The van der Waals surface area contributed by atoms with Crippen molar-refractivity contribution in [2.45, 2.75) is 45.4 Å². The van der Waals surface area contributed by atoms with Crippen LogP contribution in [0.4, 0.5) is 22.1 Å². The Morgan fingerprint density at radius 1 is 1.17 bits per heavy atom. The molecule has 0 atom stereocenters. The molecule has 158 valence electrons. The minimum atomic E-state index is -2.33. The molecule has 10 nitrogen and oxygen atoms in total. The minimum absolute atomic E-state index is 0. The van der Waals surface area contributed by atoms with E-state index < -0.39 is 6.16 Å². The Kier molecular flexibility index (Phi) is 21.0. The van der Waals surface area contributed by atoms with E-state index >= 15 is 0 Å². The van der Waals surface area contributed by atoms with Gasteiger partial charge in [-0.25, -0.2) is 4.98 Å². The predicted molar refractivity (Wildman–Crippen MR) is 103 cm³/mol. The van der Waals surface area contributed by atoms with Crippen LogP contribution < -0.4 is 124 Å². The van der Waals surface area contributed by atoms with Crippen LogP contribution in [-0.4, -0.2) is 53.7 Å². The van der Waals surface area contributed by atoms with Crippen LogP contribution in [0.2, 0.25) is 0 Å². The molecule has 0 bridgehead atoms. The number of rotatable bonds is 9. The molecule has 30 heavy (non-hydrogen) atoms. The van der Waals surface area contributed by atoms with E-state index in [1.165, 1.54) is 44.5 Å². The van der Waals surface area contributed by atoms with E-state index in [-0.39, 0.29) is 113 Å². The van der Waals surface area contributed by atoms with Gasteiger partial charge < -0.3 is 30.5 Å². The molecular formula is C18H29K2N5O5. The molecule has 0 saturated carbocycles. The summed E-state index contributed by atoms with van der Waals surface area (Å²) in [6.45, 7) is 7.05. The van der Waals surface area contributed by atoms with Crippen LogP contribution in [0.15, 0.2) is 12.1 Å². The number of aromatic nitrogens is 1. The van der Waals surface area contributed by atoms with Gasteiger partial charge in [0.25, 0.3) is 0 Å². The van der Waals surface area contributed by atoms with Crippen LogP contribution >= 0.6 is 0 Å². The van der Waals surface area contributed by atoms with Gasteiger partial charge in [0.1, 0.15) is 5.82 Å². The maximum Gasteiger partial charge on any atom is 1.00 e. The van der Waals surface area contributed by atoms with Crippen LogP contribution in [0.5, 0.6) is 0 Å². The molecule has 0 radical (unpaired) electrons. The molecule has 2 heterocycles. The number of nitrogens with zero attached hydrogens (tertiary/aromatic N) is 4. The topological polar surface area (TPSA) is 152 Å². The Labute approximate surface area is 263 Å². The third kappa shape index (κ3) is 13.9. The van der Waals surface area contributed by atoms with Crippen molar-refractivity contribution in [3.05, 3.63) is 22.2 Å². The molecule has 0 aliphatic carbocycles. The number of hydrogen-bond acceptors (Lipinski definition) is 9. The fourth-order valence-electron chi connectivity index (χ4n) is 3.17. The summed E-state index contributed by atoms with van der Waals surface area (Å²) < 4.78 is 0. The molecular weight excluding hydrogens is 444 g/mol. The van der Waals surface area contributed by atoms with Crippen molar-refractivity contribution in [2.75, 3.05) is 43.4 Å². The number of carboxylic acid groups (broad SMARTS) is 2. The molecule has 0 unspecified atom stereocenters. The standard InChI is InChI=1S/C17H29N5O2.CH2O3.2K/c1-2-3-13-21(14-7-12-20-10-5-4-6-11-20)17-15(22(23)24)8-9-16(18)19-17;2-1(3)4;;/h8-9H,2-7,10-14H2,1H3,(H2,18,19);(H2,2,3,4);;/q;;2*+1/p-2. The molecule has 2 rings (SSSR count). The number of pyridine rings is 1. The summed E-state index contributed by atoms with van der Waals surface area (Å²) in [6.07, 6.45) is 4.57. The summed E-state index contributed by atoms with van der Waals surface area (Å²) in [5, 5.41) is 28.0. The van der Waals surface area contributed by atoms with E-state index in [1.54, 1.807) is 0 Å². The number of anilines is 2. The third-order valence-electron chi connectivity index (χ3n) is 4.50. The maximum absolute atomic E-state index is 11.3. The van der Waals surface area contributed by atoms with E-state index in [0.29, 0.717) is 11.6 Å². The molecule has 1 aliphatic rings. The first-order valence-electron chi connectivity index (χ1n) is 9.61. The number of carbonyl (C=O) groups excluding carboxylic acids is 1. The largest absolute Gasteiger partial charge is 1.00 e. The number of nitrogens with two attached hydrogens (primary N) is 1. The van der Waals surface area contributed by atoms with Crippen molar-refractivity contribution in [1.29, 1.82) is 0 Å². The Hall–Kier alpha value is 0.653. The molecule has 1 saturated heterocycles. The quantitative estimate of drug-likeness (QED) is 0.210. The van der Waals surface area contributed by atoms with E-state index in [0.717, 1.165) is 38.9 Å². The molecule has 0 amide bonds. The van der Waals surface area contributed by atoms with Crippen molar-refractivity contribution in [3.8, 4) is 0 Å². The SMILES string of the molecule is CCCCN(CCCN1CCCCC1)c1nc(N)ccc1[N+](=O)[O-].O=C([O-])[O-].[K+].[K+]. The van der Waals surface area contributed by atoms with Crippen molar-refractivity contribution in [2.24, 2.45) is 0 Å². The van der Waals surface area contributed by atoms with Crippen LogP contribution in [0.3, 0.4) is 0 Å². The first-order chi connectivity index (χ1) is 13.3. The normalized spacial score (nSPS) is 13.1. The number of nitro groups is 1. The number of hydrogen-bond donors (Lipinski definition) is 1. The fourth-order valence-corrected chi connectivity index (χ4v) is 3.17. The van der Waals surface area contributed by atoms with Crippen LogP contribution in [0.25, 0.3) is 0 Å². The number of piperidine rings is 1. The first-order valence-corrected chi connectivity index (χ1v) is 9.61. The van der Waals surface area contributed by atoms with Gasteiger partial charge in [0.05, 0.1) is 4.92 Å². The molecule has 1 fully saturated rings. The Bertz CT molecular complexity index is 629. The zero-order chi connectivity index (χ0) is 20.9. The van der Waals surface area contributed by atoms with Gasteiger partial charge in [0, 0.05) is 19.2 Å². The molecule has 12 heteroatoms. The summed E-state index contributed by atoms with van der Waals surface area (Å²) >= 11 is 0. The first kappa shape index (κ1) is 32.8. The molecule has 1 aromatic rings. The number of nitrogen functional groups attached to an aromatic ring is 1. The zero-order valence-electron chi connectivity index (χ0n) is 18.3. The maximum atomic E-state index is 11.3. The second kappa shape index (κ2) is 19.2. The van der Waals surface area contributed by atoms with E-state index in [1.807, 2.05) is 4.90 Å². The third-order valence-corrected chi connectivity index (χ3v) is 4.50. The van der Waals surface area contributed by atoms with E-state index in [2.05, 4.69) is 16.8 Å². The summed E-state index contributed by atoms with van der Waals surface area (Å²) in [4.78, 5) is 28.1. The molecule has 0 spiro atoms. The number of carbonyl (C=O) groups is 1. The average Bonchev–Trinajstić information content (AvgIpc) is 2.64. The van der Waals surface area contributed by atoms with Gasteiger partial charge >= 0.3 is 108 Å². The Morgan fingerprint density at radius 3 is 2.27 bits per heavy atom. The molecule has 0 aromatic carbocycles. The molecule has 1 aromatic heterocycles. The summed E-state index contributed by atoms with van der Waals surface area (Å²) in [6, 6.07) is 2.95. The Balaban J connectivity index is 0. The van der Waals surface area contributed by atoms with Gasteiger partial charge in [0.2, 0.25) is 5.82 Å². The van der Waals surface area contributed by atoms with E-state index in [9.17, 15) is 10.1 Å². The second-order valence-corrected chi connectivity index (χ2v) is 6.68. The summed E-state index contributed by atoms with van der Waals surface area (Å²) in [5.74, 6) is 0.736. The van der Waals surface area contributed by atoms with Crippen molar-refractivity contribution < 1.29 is 123 Å². The summed E-state index contributed by atoms with van der Waals surface area (Å²) in [7, 11) is 0. The van der Waals surface area contributed by atoms with E-state index in [4.69, 9.17) is 20.7 Å². The second-order valence-electron chi connectivity index (χ2n) is 6.68. The van der Waals surface area contributed by atoms with Gasteiger partial charge in [-0.05, 0) is 57.5 Å². The van der Waals surface area contributed by atoms with Gasteiger partial charge in [-0.3, -0.25) is 10.1 Å². The average molecular weight is 474 g/mol. The smallest absolute Gasteiger partial charge is 0.652 e. The predicted octanol–water partition coefficient (Wildman–Crippen LogP) is -5.38. The van der Waals surface area contributed by atoms with Gasteiger partial charge in [0.15, 0.2) is 0 Å². The number of likely N-dealkylation sites (tertiary alicyclic amines) is 1. The molecule has 2 N–H and O–H groups in total. The summed E-state index contributed by atoms with van der Waals surface area (Å²) in [5.41, 5.74) is 5.81.